The molecule has 1 aromatic heterocycles. The van der Waals surface area contributed by atoms with Crippen molar-refractivity contribution >= 4 is 6.08 Å². The highest BCUT2D eigenvalue weighted by Gasteiger charge is 2.36. The van der Waals surface area contributed by atoms with Crippen LogP contribution in [-0.2, 0) is 0 Å². The molecule has 3 atom stereocenters. The van der Waals surface area contributed by atoms with Crippen LogP contribution in [0, 0.1) is 11.8 Å². The molecule has 2 aromatic rings. The van der Waals surface area contributed by atoms with E-state index >= 15 is 0 Å². The summed E-state index contributed by atoms with van der Waals surface area (Å²) < 4.78 is 16.2. The van der Waals surface area contributed by atoms with E-state index in [0.29, 0.717) is 5.92 Å². The molecule has 5 heteroatoms. The van der Waals surface area contributed by atoms with E-state index in [-0.39, 0.29) is 0 Å². The minimum absolute atomic E-state index is 0.642. The lowest BCUT2D eigenvalue weighted by Crippen LogP contribution is -2.21. The second-order valence-electron chi connectivity index (χ2n) is 6.51. The van der Waals surface area contributed by atoms with Crippen molar-refractivity contribution < 1.29 is 14.0 Å². The van der Waals surface area contributed by atoms with Crippen LogP contribution in [0.1, 0.15) is 12.2 Å². The van der Waals surface area contributed by atoms with Gasteiger partial charge in [0.25, 0.3) is 0 Å². The predicted molar refractivity (Wildman–Crippen MR) is 92.1 cm³/mol. The molecule has 3 heterocycles. The van der Waals surface area contributed by atoms with Crippen molar-refractivity contribution in [2.24, 2.45) is 11.8 Å². The van der Waals surface area contributed by atoms with Crippen molar-refractivity contribution in [3.8, 4) is 22.8 Å². The third-order valence-corrected chi connectivity index (χ3v) is 5.10. The molecule has 0 saturated carbocycles. The van der Waals surface area contributed by atoms with E-state index in [1.54, 1.807) is 14.2 Å². The molecule has 5 nitrogen and oxygen atoms in total. The number of rotatable bonds is 5. The fraction of sp³-hybridized carbons (Fsp3) is 0.421. The summed E-state index contributed by atoms with van der Waals surface area (Å²) in [5.41, 5.74) is 1.67. The summed E-state index contributed by atoms with van der Waals surface area (Å²) in [4.78, 5) is 2.54. The number of piperidine rings is 1. The van der Waals surface area contributed by atoms with E-state index < -0.39 is 0 Å². The lowest BCUT2D eigenvalue weighted by atomic mass is 9.92. The molecule has 2 fully saturated rings. The normalized spacial score (nSPS) is 25.5. The molecule has 0 N–H and O–H groups in total. The molecule has 0 aliphatic carbocycles. The van der Waals surface area contributed by atoms with Gasteiger partial charge in [-0.3, -0.25) is 0 Å². The highest BCUT2D eigenvalue weighted by Crippen LogP contribution is 2.35. The van der Waals surface area contributed by atoms with Gasteiger partial charge < -0.3 is 18.9 Å². The van der Waals surface area contributed by atoms with Crippen LogP contribution in [0.25, 0.3) is 17.3 Å². The Morgan fingerprint density at radius 2 is 2.12 bits per heavy atom. The number of ether oxygens (including phenoxy) is 2. The Labute approximate surface area is 141 Å². The Balaban J connectivity index is 1.52. The average Bonchev–Trinajstić information content (AvgIpc) is 3.35. The maximum atomic E-state index is 5.48. The first kappa shape index (κ1) is 15.3. The molecular weight excluding hydrogens is 304 g/mol. The van der Waals surface area contributed by atoms with Gasteiger partial charge in [-0.1, -0.05) is 11.2 Å². The van der Waals surface area contributed by atoms with Crippen LogP contribution < -0.4 is 9.47 Å². The first-order valence-electron chi connectivity index (χ1n) is 8.36. The third kappa shape index (κ3) is 2.80. The summed E-state index contributed by atoms with van der Waals surface area (Å²) in [6, 6.07) is 7.63. The predicted octanol–water partition coefficient (Wildman–Crippen LogP) is 3.32. The zero-order valence-electron chi connectivity index (χ0n) is 14.1. The lowest BCUT2D eigenvalue weighted by Gasteiger charge is -2.18. The minimum atomic E-state index is 0.642. The summed E-state index contributed by atoms with van der Waals surface area (Å²) in [6.45, 7) is 3.69. The topological polar surface area (TPSA) is 47.7 Å². The zero-order valence-corrected chi connectivity index (χ0v) is 14.1. The summed E-state index contributed by atoms with van der Waals surface area (Å²) in [5.74, 6) is 3.71. The summed E-state index contributed by atoms with van der Waals surface area (Å²) in [5, 5.41) is 4.19. The minimum Gasteiger partial charge on any atom is -0.497 e. The second-order valence-corrected chi connectivity index (χ2v) is 6.51. The first-order valence-corrected chi connectivity index (χ1v) is 8.36. The van der Waals surface area contributed by atoms with Gasteiger partial charge in [-0.2, -0.15) is 0 Å². The Bertz CT molecular complexity index is 753. The number of nitrogens with zero attached hydrogens (tertiary/aromatic N) is 2. The Hall–Kier alpha value is -2.27. The SMILES string of the molecule is COc1ccc(-c2cc(C=CC3CN4CCC3C4)on2)c(OC)c1. The largest absolute Gasteiger partial charge is 0.497 e. The molecule has 2 aliphatic heterocycles. The standard InChI is InChI=1S/C19H22N2O3/c1-22-15-5-6-17(19(10-15)23-2)18-9-16(24-20-18)4-3-13-11-21-8-7-14(13)12-21/h3-6,9-10,13-14H,7-8,11-12H2,1-2H3. The lowest BCUT2D eigenvalue weighted by molar-refractivity contribution is 0.334. The van der Waals surface area contributed by atoms with Crippen molar-refractivity contribution in [1.29, 1.82) is 0 Å². The van der Waals surface area contributed by atoms with E-state index in [1.807, 2.05) is 24.3 Å². The number of benzene rings is 1. The van der Waals surface area contributed by atoms with Crippen LogP contribution in [0.5, 0.6) is 11.5 Å². The van der Waals surface area contributed by atoms with Crippen LogP contribution in [0.3, 0.4) is 0 Å². The first-order chi connectivity index (χ1) is 11.8. The van der Waals surface area contributed by atoms with Crippen molar-refractivity contribution in [2.45, 2.75) is 6.42 Å². The maximum absolute atomic E-state index is 5.48. The fourth-order valence-electron chi connectivity index (χ4n) is 3.77. The van der Waals surface area contributed by atoms with Crippen LogP contribution in [0.15, 0.2) is 34.9 Å². The van der Waals surface area contributed by atoms with Crippen molar-refractivity contribution in [1.82, 2.24) is 10.1 Å². The summed E-state index contributed by atoms with van der Waals surface area (Å²) in [6.07, 6.45) is 5.65. The zero-order chi connectivity index (χ0) is 16.5. The monoisotopic (exact) mass is 326 g/mol. The Morgan fingerprint density at radius 3 is 2.83 bits per heavy atom. The van der Waals surface area contributed by atoms with E-state index in [0.717, 1.165) is 34.4 Å². The molecule has 0 spiro atoms. The molecule has 2 saturated heterocycles. The van der Waals surface area contributed by atoms with Gasteiger partial charge in [0.1, 0.15) is 17.2 Å². The number of fused-ring (bicyclic) bond motifs is 2. The van der Waals surface area contributed by atoms with Gasteiger partial charge in [0.05, 0.1) is 14.2 Å². The molecule has 0 radical (unpaired) electrons. The highest BCUT2D eigenvalue weighted by atomic mass is 16.5. The van der Waals surface area contributed by atoms with Crippen molar-refractivity contribution in [2.75, 3.05) is 33.9 Å². The number of aromatic nitrogens is 1. The molecule has 4 rings (SSSR count). The van der Waals surface area contributed by atoms with E-state index in [9.17, 15) is 0 Å². The number of hydrogen-bond acceptors (Lipinski definition) is 5. The Morgan fingerprint density at radius 1 is 1.21 bits per heavy atom. The van der Waals surface area contributed by atoms with Gasteiger partial charge in [0.15, 0.2) is 5.76 Å². The maximum Gasteiger partial charge on any atom is 0.159 e. The molecule has 126 valence electrons. The van der Waals surface area contributed by atoms with Gasteiger partial charge in [0.2, 0.25) is 0 Å². The number of methoxy groups -OCH3 is 2. The smallest absolute Gasteiger partial charge is 0.159 e. The van der Waals surface area contributed by atoms with Gasteiger partial charge in [-0.15, -0.1) is 0 Å². The van der Waals surface area contributed by atoms with E-state index in [2.05, 4.69) is 22.2 Å². The summed E-state index contributed by atoms with van der Waals surface area (Å²) in [7, 11) is 3.28. The average molecular weight is 326 g/mol. The van der Waals surface area contributed by atoms with Gasteiger partial charge in [-0.05, 0) is 43.0 Å². The Kier molecular flexibility index (Phi) is 4.02. The highest BCUT2D eigenvalue weighted by molar-refractivity contribution is 5.69. The number of hydrogen-bond donors (Lipinski definition) is 0. The van der Waals surface area contributed by atoms with Crippen molar-refractivity contribution in [3.05, 3.63) is 36.1 Å². The van der Waals surface area contributed by atoms with Crippen LogP contribution in [-0.4, -0.2) is 43.9 Å². The molecule has 1 aromatic carbocycles. The van der Waals surface area contributed by atoms with Gasteiger partial charge in [0, 0.05) is 30.8 Å². The van der Waals surface area contributed by atoms with Crippen LogP contribution in [0.2, 0.25) is 0 Å². The molecule has 2 aliphatic rings. The van der Waals surface area contributed by atoms with E-state index in [4.69, 9.17) is 14.0 Å². The fourth-order valence-corrected chi connectivity index (χ4v) is 3.77. The second kappa shape index (κ2) is 6.32. The van der Waals surface area contributed by atoms with E-state index in [1.165, 1.54) is 26.1 Å². The molecule has 24 heavy (non-hydrogen) atoms. The quantitative estimate of drug-likeness (QED) is 0.843. The summed E-state index contributed by atoms with van der Waals surface area (Å²) >= 11 is 0. The van der Waals surface area contributed by atoms with Crippen LogP contribution in [0.4, 0.5) is 0 Å². The molecule has 0 amide bonds. The van der Waals surface area contributed by atoms with Gasteiger partial charge >= 0.3 is 0 Å². The van der Waals surface area contributed by atoms with Crippen molar-refractivity contribution in [3.63, 3.8) is 0 Å². The molecule has 3 unspecified atom stereocenters. The molecular formula is C19H22N2O3. The molecule has 2 bridgehead atoms. The van der Waals surface area contributed by atoms with Crippen LogP contribution >= 0.6 is 0 Å². The third-order valence-electron chi connectivity index (χ3n) is 5.10. The van der Waals surface area contributed by atoms with Gasteiger partial charge in [-0.25, -0.2) is 0 Å².